The maximum atomic E-state index is 11.3. The van der Waals surface area contributed by atoms with E-state index >= 15 is 0 Å². The second-order valence-electron chi connectivity index (χ2n) is 10.4. The van der Waals surface area contributed by atoms with Crippen LogP contribution in [0, 0.1) is 0 Å². The van der Waals surface area contributed by atoms with E-state index in [2.05, 4.69) is 109 Å². The van der Waals surface area contributed by atoms with Gasteiger partial charge in [0.1, 0.15) is 0 Å². The Morgan fingerprint density at radius 1 is 0.477 bits per heavy atom. The molecule has 2 heterocycles. The number of hydrogen-bond donors (Lipinski definition) is 0. The van der Waals surface area contributed by atoms with Gasteiger partial charge >= 0.3 is 0 Å². The van der Waals surface area contributed by atoms with E-state index in [1.165, 1.54) is 57.0 Å². The van der Waals surface area contributed by atoms with Crippen molar-refractivity contribution in [3.8, 4) is 22.3 Å². The van der Waals surface area contributed by atoms with Crippen molar-refractivity contribution in [2.24, 2.45) is 0 Å². The smallest absolute Gasteiger partial charge is 0.150 e. The van der Waals surface area contributed by atoms with Crippen LogP contribution in [0.2, 0.25) is 0 Å². The average molecular weight is 605 g/mol. The number of ether oxygens (including phenoxy) is 1. The molecule has 6 aromatic carbocycles. The Labute approximate surface area is 264 Å². The van der Waals surface area contributed by atoms with Gasteiger partial charge in [0.15, 0.2) is 6.29 Å². The molecule has 212 valence electrons. The van der Waals surface area contributed by atoms with E-state index in [4.69, 9.17) is 4.74 Å². The molecular formula is C40H28O2S2. The van der Waals surface area contributed by atoms with E-state index in [0.717, 1.165) is 23.0 Å². The normalized spacial score (nSPS) is 11.3. The zero-order chi connectivity index (χ0) is 29.9. The van der Waals surface area contributed by atoms with Crippen molar-refractivity contribution in [1.82, 2.24) is 0 Å². The second-order valence-corrected chi connectivity index (χ2v) is 12.5. The summed E-state index contributed by atoms with van der Waals surface area (Å²) in [6.45, 7) is 0. The van der Waals surface area contributed by atoms with Gasteiger partial charge < -0.3 is 4.74 Å². The van der Waals surface area contributed by atoms with Gasteiger partial charge in [-0.05, 0) is 34.9 Å². The maximum Gasteiger partial charge on any atom is 0.150 e. The molecular weight excluding hydrogens is 577 g/mol. The summed E-state index contributed by atoms with van der Waals surface area (Å²) in [5, 5.41) is 5.20. The van der Waals surface area contributed by atoms with Gasteiger partial charge in [-0.25, -0.2) is 0 Å². The summed E-state index contributed by atoms with van der Waals surface area (Å²) >= 11 is 3.65. The first-order valence-corrected chi connectivity index (χ1v) is 16.0. The van der Waals surface area contributed by atoms with Crippen LogP contribution in [-0.2, 0) is 4.74 Å². The SMILES string of the molecule is COC=Cc1ccccc1-c1cccc2c1sc1ccccc12.O=Cc1ccccc1-c1cccc2c1sc1ccccc12. The first kappa shape index (κ1) is 27.8. The van der Waals surface area contributed by atoms with Crippen molar-refractivity contribution < 1.29 is 9.53 Å². The largest absolute Gasteiger partial charge is 0.504 e. The number of aldehydes is 1. The van der Waals surface area contributed by atoms with Gasteiger partial charge in [0.25, 0.3) is 0 Å². The standard InChI is InChI=1S/C21H16OS.C19H12OS/c1-22-14-13-15-7-2-3-8-16(15)18-10-6-11-19-17-9-4-5-12-20(17)23-21(18)19;20-12-13-6-1-2-7-14(13)16-9-5-10-17-15-8-3-4-11-18(15)21-19(16)17/h2-14H,1H3;1-12H. The molecule has 0 amide bonds. The van der Waals surface area contributed by atoms with Crippen molar-refractivity contribution >= 4 is 75.4 Å². The second kappa shape index (κ2) is 12.3. The minimum Gasteiger partial charge on any atom is -0.504 e. The van der Waals surface area contributed by atoms with Crippen LogP contribution in [0.5, 0.6) is 0 Å². The Balaban J connectivity index is 0.000000143. The zero-order valence-corrected chi connectivity index (χ0v) is 25.7. The molecule has 0 atom stereocenters. The average Bonchev–Trinajstić information content (AvgIpc) is 3.66. The molecule has 2 nitrogen and oxygen atoms in total. The van der Waals surface area contributed by atoms with Gasteiger partial charge in [-0.15, -0.1) is 22.7 Å². The molecule has 0 saturated carbocycles. The number of thiophene rings is 2. The molecule has 0 aliphatic heterocycles. The summed E-state index contributed by atoms with van der Waals surface area (Å²) in [4.78, 5) is 11.3. The fourth-order valence-corrected chi connectivity index (χ4v) is 8.25. The Morgan fingerprint density at radius 3 is 1.45 bits per heavy atom. The molecule has 0 fully saturated rings. The third-order valence-electron chi connectivity index (χ3n) is 7.82. The minimum absolute atomic E-state index is 0.738. The van der Waals surface area contributed by atoms with Crippen molar-refractivity contribution in [3.63, 3.8) is 0 Å². The van der Waals surface area contributed by atoms with E-state index in [1.807, 2.05) is 41.7 Å². The lowest BCUT2D eigenvalue weighted by molar-refractivity contribution is 0.112. The third kappa shape index (κ3) is 5.09. The van der Waals surface area contributed by atoms with E-state index < -0.39 is 0 Å². The van der Waals surface area contributed by atoms with Crippen LogP contribution in [0.4, 0.5) is 0 Å². The summed E-state index contributed by atoms with van der Waals surface area (Å²) in [6.07, 6.45) is 4.67. The van der Waals surface area contributed by atoms with E-state index in [1.54, 1.807) is 24.7 Å². The first-order valence-electron chi connectivity index (χ1n) is 14.4. The molecule has 44 heavy (non-hydrogen) atoms. The topological polar surface area (TPSA) is 26.3 Å². The number of methoxy groups -OCH3 is 1. The molecule has 8 rings (SSSR count). The van der Waals surface area contributed by atoms with Crippen LogP contribution in [0.15, 0.2) is 140 Å². The highest BCUT2D eigenvalue weighted by Crippen LogP contribution is 2.42. The molecule has 0 spiro atoms. The number of rotatable bonds is 5. The molecule has 0 aliphatic rings. The highest BCUT2D eigenvalue weighted by Gasteiger charge is 2.13. The van der Waals surface area contributed by atoms with Crippen LogP contribution < -0.4 is 0 Å². The summed E-state index contributed by atoms with van der Waals surface area (Å²) < 4.78 is 10.3. The Bertz CT molecular complexity index is 2300. The van der Waals surface area contributed by atoms with Gasteiger partial charge in [0.05, 0.1) is 13.4 Å². The molecule has 0 saturated heterocycles. The molecule has 0 N–H and O–H groups in total. The summed E-state index contributed by atoms with van der Waals surface area (Å²) in [5.74, 6) is 0. The molecule has 0 unspecified atom stereocenters. The zero-order valence-electron chi connectivity index (χ0n) is 24.1. The first-order chi connectivity index (χ1) is 21.8. The molecule has 8 aromatic rings. The lowest BCUT2D eigenvalue weighted by Crippen LogP contribution is -1.86. The highest BCUT2D eigenvalue weighted by atomic mass is 32.1. The monoisotopic (exact) mass is 604 g/mol. The number of carbonyl (C=O) groups excluding carboxylic acids is 1. The summed E-state index contributed by atoms with van der Waals surface area (Å²) in [7, 11) is 1.67. The lowest BCUT2D eigenvalue weighted by atomic mass is 9.98. The van der Waals surface area contributed by atoms with Crippen LogP contribution >= 0.6 is 22.7 Å². The quantitative estimate of drug-likeness (QED) is 0.144. The Kier molecular flexibility index (Phi) is 7.76. The van der Waals surface area contributed by atoms with Crippen LogP contribution in [0.1, 0.15) is 15.9 Å². The van der Waals surface area contributed by atoms with Gasteiger partial charge in [-0.2, -0.15) is 0 Å². The predicted octanol–water partition coefficient (Wildman–Crippen LogP) is 11.9. The van der Waals surface area contributed by atoms with Gasteiger partial charge in [0, 0.05) is 57.0 Å². The van der Waals surface area contributed by atoms with Crippen molar-refractivity contribution in [2.45, 2.75) is 0 Å². The fraction of sp³-hybridized carbons (Fsp3) is 0.0250. The number of fused-ring (bicyclic) bond motifs is 6. The third-order valence-corrected chi connectivity index (χ3v) is 10.3. The van der Waals surface area contributed by atoms with Gasteiger partial charge in [-0.1, -0.05) is 121 Å². The Morgan fingerprint density at radius 2 is 0.909 bits per heavy atom. The highest BCUT2D eigenvalue weighted by molar-refractivity contribution is 7.26. The fourth-order valence-electron chi connectivity index (χ4n) is 5.79. The molecule has 0 aliphatic carbocycles. The summed E-state index contributed by atoms with van der Waals surface area (Å²) in [5.41, 5.74) is 6.56. The van der Waals surface area contributed by atoms with Crippen molar-refractivity contribution in [2.75, 3.05) is 7.11 Å². The van der Waals surface area contributed by atoms with Crippen LogP contribution in [-0.4, -0.2) is 13.4 Å². The number of carbonyl (C=O) groups is 1. The predicted molar refractivity (Wildman–Crippen MR) is 191 cm³/mol. The van der Waals surface area contributed by atoms with Crippen LogP contribution in [0.3, 0.4) is 0 Å². The van der Waals surface area contributed by atoms with Crippen molar-refractivity contribution in [3.05, 3.63) is 151 Å². The molecule has 0 bridgehead atoms. The molecule has 0 radical (unpaired) electrons. The molecule has 2 aromatic heterocycles. The number of hydrogen-bond acceptors (Lipinski definition) is 4. The summed E-state index contributed by atoms with van der Waals surface area (Å²) in [6, 6.07) is 46.1. The maximum absolute atomic E-state index is 11.3. The lowest BCUT2D eigenvalue weighted by Gasteiger charge is -2.07. The Hall–Kier alpha value is -5.03. The molecule has 4 heteroatoms. The van der Waals surface area contributed by atoms with Gasteiger partial charge in [0.2, 0.25) is 0 Å². The van der Waals surface area contributed by atoms with Crippen molar-refractivity contribution in [1.29, 1.82) is 0 Å². The van der Waals surface area contributed by atoms with E-state index in [9.17, 15) is 4.79 Å². The minimum atomic E-state index is 0.738. The van der Waals surface area contributed by atoms with E-state index in [-0.39, 0.29) is 0 Å². The van der Waals surface area contributed by atoms with Gasteiger partial charge in [-0.3, -0.25) is 4.79 Å². The van der Waals surface area contributed by atoms with Crippen LogP contribution in [0.25, 0.3) is 68.7 Å². The van der Waals surface area contributed by atoms with E-state index in [0.29, 0.717) is 0 Å². The number of benzene rings is 6.